The number of aromatic nitrogens is 4. The highest BCUT2D eigenvalue weighted by Crippen LogP contribution is 2.35. The first-order valence-corrected chi connectivity index (χ1v) is 10.5. The Morgan fingerprint density at radius 1 is 1.27 bits per heavy atom. The normalized spacial score (nSPS) is 10.9. The van der Waals surface area contributed by atoms with Crippen molar-refractivity contribution in [2.45, 2.75) is 49.2 Å². The lowest BCUT2D eigenvalue weighted by Gasteiger charge is -2.10. The fraction of sp³-hybridized carbons (Fsp3) is 0.400. The third kappa shape index (κ3) is 5.00. The Bertz CT molecular complexity index is 1020. The van der Waals surface area contributed by atoms with E-state index in [4.69, 9.17) is 14.9 Å². The predicted octanol–water partition coefficient (Wildman–Crippen LogP) is 3.40. The number of amides is 1. The van der Waals surface area contributed by atoms with Crippen LogP contribution in [0.1, 0.15) is 31.2 Å². The maximum atomic E-state index is 11.2. The maximum Gasteiger partial charge on any atom is 0.243 e. The number of hydroxylamine groups is 1. The summed E-state index contributed by atoms with van der Waals surface area (Å²) in [6.45, 7) is 2.77. The van der Waals surface area contributed by atoms with Crippen LogP contribution in [0.5, 0.6) is 5.75 Å². The van der Waals surface area contributed by atoms with Gasteiger partial charge in [0.15, 0.2) is 22.1 Å². The Balaban J connectivity index is 1.87. The van der Waals surface area contributed by atoms with Gasteiger partial charge in [-0.25, -0.2) is 20.4 Å². The molecule has 0 aliphatic rings. The molecule has 0 saturated heterocycles. The van der Waals surface area contributed by atoms with Gasteiger partial charge in [-0.3, -0.25) is 10.0 Å². The zero-order valence-electron chi connectivity index (χ0n) is 17.3. The fourth-order valence-electron chi connectivity index (χ4n) is 3.08. The van der Waals surface area contributed by atoms with Crippen molar-refractivity contribution in [3.05, 3.63) is 30.1 Å². The molecule has 0 radical (unpaired) electrons. The number of benzene rings is 1. The van der Waals surface area contributed by atoms with Crippen LogP contribution < -0.4 is 15.5 Å². The molecule has 0 unspecified atom stereocenters. The first kappa shape index (κ1) is 21.8. The number of rotatable bonds is 10. The number of carbonyl (C=O) groups excluding carboxylic acids is 1. The van der Waals surface area contributed by atoms with Gasteiger partial charge in [0.1, 0.15) is 12.1 Å². The number of ether oxygens (including phenoxy) is 1. The fourth-order valence-corrected chi connectivity index (χ4v) is 4.11. The molecule has 0 fully saturated rings. The summed E-state index contributed by atoms with van der Waals surface area (Å²) in [6, 6.07) is 5.97. The first-order chi connectivity index (χ1) is 14.6. The van der Waals surface area contributed by atoms with E-state index in [1.807, 2.05) is 25.2 Å². The van der Waals surface area contributed by atoms with Gasteiger partial charge in [-0.05, 0) is 37.5 Å². The van der Waals surface area contributed by atoms with Crippen molar-refractivity contribution < 1.29 is 14.7 Å². The SMILES string of the molecule is CNc1ncnc2c1nc(Sc1cc(OC)ccc1C)n2CCCCCC(=O)NO. The smallest absolute Gasteiger partial charge is 0.243 e. The lowest BCUT2D eigenvalue weighted by molar-refractivity contribution is -0.129. The summed E-state index contributed by atoms with van der Waals surface area (Å²) in [5.74, 6) is 1.12. The van der Waals surface area contributed by atoms with Crippen molar-refractivity contribution >= 4 is 34.7 Å². The van der Waals surface area contributed by atoms with E-state index in [0.717, 1.165) is 45.4 Å². The molecule has 3 aromatic rings. The van der Waals surface area contributed by atoms with E-state index in [1.165, 1.54) is 6.33 Å². The van der Waals surface area contributed by atoms with E-state index in [2.05, 4.69) is 26.8 Å². The van der Waals surface area contributed by atoms with Crippen LogP contribution in [0, 0.1) is 6.92 Å². The lowest BCUT2D eigenvalue weighted by Crippen LogP contribution is -2.17. The summed E-state index contributed by atoms with van der Waals surface area (Å²) in [4.78, 5) is 25.8. The van der Waals surface area contributed by atoms with Crippen molar-refractivity contribution in [3.8, 4) is 5.75 Å². The topological polar surface area (TPSA) is 114 Å². The molecule has 0 saturated carbocycles. The van der Waals surface area contributed by atoms with Gasteiger partial charge in [-0.15, -0.1) is 0 Å². The quantitative estimate of drug-likeness (QED) is 0.255. The predicted molar refractivity (Wildman–Crippen MR) is 115 cm³/mol. The molecule has 10 heteroatoms. The van der Waals surface area contributed by atoms with Crippen LogP contribution in [0.3, 0.4) is 0 Å². The molecule has 0 atom stereocenters. The van der Waals surface area contributed by atoms with E-state index < -0.39 is 0 Å². The van der Waals surface area contributed by atoms with Crippen LogP contribution in [0.2, 0.25) is 0 Å². The minimum Gasteiger partial charge on any atom is -0.497 e. The van der Waals surface area contributed by atoms with Gasteiger partial charge in [0.05, 0.1) is 7.11 Å². The Morgan fingerprint density at radius 2 is 2.10 bits per heavy atom. The van der Waals surface area contributed by atoms with E-state index >= 15 is 0 Å². The highest BCUT2D eigenvalue weighted by molar-refractivity contribution is 7.99. The van der Waals surface area contributed by atoms with Gasteiger partial charge in [0.25, 0.3) is 0 Å². The molecular formula is C20H26N6O3S. The molecule has 0 aliphatic heterocycles. The molecule has 3 rings (SSSR count). The molecule has 0 aliphatic carbocycles. The van der Waals surface area contributed by atoms with Gasteiger partial charge in [0, 0.05) is 24.9 Å². The monoisotopic (exact) mass is 430 g/mol. The van der Waals surface area contributed by atoms with Crippen LogP contribution in [-0.4, -0.2) is 44.8 Å². The summed E-state index contributed by atoms with van der Waals surface area (Å²) in [7, 11) is 3.46. The zero-order chi connectivity index (χ0) is 21.5. The van der Waals surface area contributed by atoms with Crippen molar-refractivity contribution in [3.63, 3.8) is 0 Å². The lowest BCUT2D eigenvalue weighted by atomic mass is 10.2. The molecule has 30 heavy (non-hydrogen) atoms. The van der Waals surface area contributed by atoms with E-state index in [-0.39, 0.29) is 5.91 Å². The van der Waals surface area contributed by atoms with Gasteiger partial charge in [-0.2, -0.15) is 0 Å². The van der Waals surface area contributed by atoms with Crippen molar-refractivity contribution in [1.29, 1.82) is 0 Å². The third-order valence-electron chi connectivity index (χ3n) is 4.74. The molecular weight excluding hydrogens is 404 g/mol. The molecule has 9 nitrogen and oxygen atoms in total. The largest absolute Gasteiger partial charge is 0.497 e. The maximum absolute atomic E-state index is 11.2. The highest BCUT2D eigenvalue weighted by Gasteiger charge is 2.17. The second-order valence-corrected chi connectivity index (χ2v) is 7.78. The van der Waals surface area contributed by atoms with Gasteiger partial charge < -0.3 is 14.6 Å². The molecule has 2 aromatic heterocycles. The molecule has 1 amide bonds. The van der Waals surface area contributed by atoms with E-state index in [9.17, 15) is 4.79 Å². The van der Waals surface area contributed by atoms with Crippen molar-refractivity contribution in [1.82, 2.24) is 25.0 Å². The van der Waals surface area contributed by atoms with Crippen LogP contribution in [0.4, 0.5) is 5.82 Å². The Morgan fingerprint density at radius 3 is 2.83 bits per heavy atom. The summed E-state index contributed by atoms with van der Waals surface area (Å²) in [5.41, 5.74) is 4.29. The number of unbranched alkanes of at least 4 members (excludes halogenated alkanes) is 2. The van der Waals surface area contributed by atoms with Crippen LogP contribution >= 0.6 is 11.8 Å². The number of fused-ring (bicyclic) bond motifs is 1. The second-order valence-electron chi connectivity index (χ2n) is 6.77. The average Bonchev–Trinajstić information content (AvgIpc) is 3.12. The molecule has 3 N–H and O–H groups in total. The number of carbonyl (C=O) groups is 1. The second kappa shape index (κ2) is 10.3. The van der Waals surface area contributed by atoms with Crippen LogP contribution in [0.25, 0.3) is 11.2 Å². The number of anilines is 1. The van der Waals surface area contributed by atoms with Gasteiger partial charge in [0.2, 0.25) is 5.91 Å². The first-order valence-electron chi connectivity index (χ1n) is 9.71. The molecule has 1 aromatic carbocycles. The average molecular weight is 431 g/mol. The number of hydrogen-bond donors (Lipinski definition) is 3. The number of aryl methyl sites for hydroxylation is 2. The number of methoxy groups -OCH3 is 1. The Hall–Kier alpha value is -2.85. The summed E-state index contributed by atoms with van der Waals surface area (Å²) in [6.07, 6.45) is 4.24. The van der Waals surface area contributed by atoms with Crippen LogP contribution in [0.15, 0.2) is 34.6 Å². The zero-order valence-corrected chi connectivity index (χ0v) is 18.1. The van der Waals surface area contributed by atoms with E-state index in [1.54, 1.807) is 24.4 Å². The van der Waals surface area contributed by atoms with Crippen molar-refractivity contribution in [2.24, 2.45) is 0 Å². The molecule has 160 valence electrons. The highest BCUT2D eigenvalue weighted by atomic mass is 32.2. The van der Waals surface area contributed by atoms with E-state index in [0.29, 0.717) is 25.2 Å². The number of nitrogens with one attached hydrogen (secondary N) is 2. The summed E-state index contributed by atoms with van der Waals surface area (Å²) >= 11 is 1.57. The minimum absolute atomic E-state index is 0.303. The third-order valence-corrected chi connectivity index (χ3v) is 5.89. The van der Waals surface area contributed by atoms with Gasteiger partial charge >= 0.3 is 0 Å². The number of imidazole rings is 1. The Kier molecular flexibility index (Phi) is 7.47. The molecule has 0 spiro atoms. The minimum atomic E-state index is -0.362. The number of hydrogen-bond acceptors (Lipinski definition) is 8. The molecule has 0 bridgehead atoms. The van der Waals surface area contributed by atoms with Crippen LogP contribution in [-0.2, 0) is 11.3 Å². The number of nitrogens with zero attached hydrogens (tertiary/aromatic N) is 4. The summed E-state index contributed by atoms with van der Waals surface area (Å²) < 4.78 is 7.46. The Labute approximate surface area is 179 Å². The summed E-state index contributed by atoms with van der Waals surface area (Å²) in [5, 5.41) is 12.5. The van der Waals surface area contributed by atoms with Crippen molar-refractivity contribution in [2.75, 3.05) is 19.5 Å². The standard InChI is InChI=1S/C20H26N6O3S/c1-13-8-9-14(29-3)11-15(13)30-20-24-17-18(21-2)22-12-23-19(17)26(20)10-6-4-5-7-16(27)25-28/h8-9,11-12,28H,4-7,10H2,1-3H3,(H,25,27)(H,21,22,23). The van der Waals surface area contributed by atoms with Gasteiger partial charge in [-0.1, -0.05) is 24.2 Å². The molecule has 2 heterocycles.